The van der Waals surface area contributed by atoms with Gasteiger partial charge in [-0.3, -0.25) is 4.79 Å². The van der Waals surface area contributed by atoms with E-state index in [2.05, 4.69) is 10.2 Å². The summed E-state index contributed by atoms with van der Waals surface area (Å²) in [6.07, 6.45) is 2.69. The van der Waals surface area contributed by atoms with Crippen LogP contribution in [0.1, 0.15) is 16.8 Å². The third-order valence-electron chi connectivity index (χ3n) is 4.44. The second-order valence-electron chi connectivity index (χ2n) is 5.68. The lowest BCUT2D eigenvalue weighted by molar-refractivity contribution is 0.0924. The Morgan fingerprint density at radius 1 is 1.40 bits per heavy atom. The summed E-state index contributed by atoms with van der Waals surface area (Å²) in [6.45, 7) is 3.27. The Morgan fingerprint density at radius 2 is 2.30 bits per heavy atom. The largest absolute Gasteiger partial charge is 0.463 e. The maximum Gasteiger partial charge on any atom is 0.251 e. The fourth-order valence-corrected chi connectivity index (χ4v) is 3.54. The summed E-state index contributed by atoms with van der Waals surface area (Å²) in [5, 5.41) is 4.56. The van der Waals surface area contributed by atoms with Gasteiger partial charge in [0, 0.05) is 30.1 Å². The van der Waals surface area contributed by atoms with Crippen LogP contribution in [0.3, 0.4) is 0 Å². The Bertz CT molecular complexity index is 682. The van der Waals surface area contributed by atoms with Crippen LogP contribution < -0.4 is 5.32 Å². The number of amides is 1. The molecule has 1 amide bonds. The molecule has 104 valence electrons. The molecule has 0 saturated carbocycles. The Balaban J connectivity index is 1.54. The van der Waals surface area contributed by atoms with Gasteiger partial charge in [-0.2, -0.15) is 0 Å². The Morgan fingerprint density at radius 3 is 3.05 bits per heavy atom. The molecule has 3 atom stereocenters. The fourth-order valence-electron chi connectivity index (χ4n) is 3.34. The van der Waals surface area contributed by atoms with Crippen molar-refractivity contribution < 1.29 is 9.21 Å². The Kier molecular flexibility index (Phi) is 2.75. The lowest BCUT2D eigenvalue weighted by atomic mass is 9.99. The van der Waals surface area contributed by atoms with Crippen LogP contribution in [0, 0.1) is 5.92 Å². The quantitative estimate of drug-likeness (QED) is 0.924. The van der Waals surface area contributed by atoms with E-state index >= 15 is 0 Å². The minimum absolute atomic E-state index is 0.0295. The van der Waals surface area contributed by atoms with Gasteiger partial charge in [0.25, 0.3) is 5.91 Å². The molecule has 2 saturated heterocycles. The van der Waals surface area contributed by atoms with Gasteiger partial charge in [-0.05, 0) is 37.1 Å². The number of nitrogens with one attached hydrogen (secondary N) is 1. The van der Waals surface area contributed by atoms with Gasteiger partial charge in [0.15, 0.2) is 0 Å². The van der Waals surface area contributed by atoms with Crippen LogP contribution in [0.2, 0.25) is 5.02 Å². The second-order valence-corrected chi connectivity index (χ2v) is 6.09. The topological polar surface area (TPSA) is 45.5 Å². The van der Waals surface area contributed by atoms with E-state index in [0.29, 0.717) is 22.1 Å². The van der Waals surface area contributed by atoms with Crippen molar-refractivity contribution in [2.75, 3.05) is 19.6 Å². The zero-order chi connectivity index (χ0) is 13.7. The first-order chi connectivity index (χ1) is 9.70. The van der Waals surface area contributed by atoms with Crippen LogP contribution in [0.5, 0.6) is 0 Å². The van der Waals surface area contributed by atoms with E-state index in [4.69, 9.17) is 16.0 Å². The monoisotopic (exact) mass is 290 g/mol. The zero-order valence-electron chi connectivity index (χ0n) is 10.9. The van der Waals surface area contributed by atoms with Crippen LogP contribution in [0.4, 0.5) is 0 Å². The van der Waals surface area contributed by atoms with Crippen molar-refractivity contribution in [1.82, 2.24) is 10.2 Å². The maximum atomic E-state index is 12.3. The summed E-state index contributed by atoms with van der Waals surface area (Å²) in [5.41, 5.74) is 1.28. The number of hydrogen-bond acceptors (Lipinski definition) is 3. The number of hydrogen-bond donors (Lipinski definition) is 1. The number of benzene rings is 1. The predicted molar refractivity (Wildman–Crippen MR) is 77.0 cm³/mol. The molecule has 4 nitrogen and oxygen atoms in total. The number of halogens is 1. The minimum atomic E-state index is -0.0295. The van der Waals surface area contributed by atoms with E-state index in [9.17, 15) is 4.79 Å². The highest BCUT2D eigenvalue weighted by Gasteiger charge is 2.38. The summed E-state index contributed by atoms with van der Waals surface area (Å²) in [4.78, 5) is 14.7. The van der Waals surface area contributed by atoms with Crippen molar-refractivity contribution in [2.45, 2.75) is 12.5 Å². The average Bonchev–Trinajstić information content (AvgIpc) is 3.14. The molecule has 2 fully saturated rings. The lowest BCUT2D eigenvalue weighted by Gasteiger charge is -2.23. The third kappa shape index (κ3) is 1.91. The van der Waals surface area contributed by atoms with E-state index in [1.54, 1.807) is 12.1 Å². The highest BCUT2D eigenvalue weighted by Crippen LogP contribution is 2.29. The molecular weight excluding hydrogens is 276 g/mol. The summed E-state index contributed by atoms with van der Waals surface area (Å²) in [7, 11) is 0. The fraction of sp³-hybridized carbons (Fsp3) is 0.400. The molecule has 0 aliphatic carbocycles. The lowest BCUT2D eigenvalue weighted by Crippen LogP contribution is -2.43. The predicted octanol–water partition coefficient (Wildman–Crippen LogP) is 2.52. The van der Waals surface area contributed by atoms with Crippen molar-refractivity contribution in [1.29, 1.82) is 0 Å². The molecule has 2 aliphatic heterocycles. The van der Waals surface area contributed by atoms with Gasteiger partial charge < -0.3 is 14.6 Å². The third-order valence-corrected chi connectivity index (χ3v) is 4.73. The van der Waals surface area contributed by atoms with Gasteiger partial charge in [-0.25, -0.2) is 0 Å². The van der Waals surface area contributed by atoms with Crippen molar-refractivity contribution in [3.05, 3.63) is 35.0 Å². The SMILES string of the molecule is O=C(NC1CN2CC[C@@H]1C2)c1ccc2c(Cl)coc2c1. The molecule has 5 heteroatoms. The van der Waals surface area contributed by atoms with E-state index in [-0.39, 0.29) is 11.9 Å². The van der Waals surface area contributed by atoms with Crippen molar-refractivity contribution >= 4 is 28.5 Å². The summed E-state index contributed by atoms with van der Waals surface area (Å²) >= 11 is 5.98. The van der Waals surface area contributed by atoms with E-state index in [1.165, 1.54) is 19.2 Å². The number of piperidine rings is 1. The van der Waals surface area contributed by atoms with Crippen molar-refractivity contribution in [3.63, 3.8) is 0 Å². The molecular formula is C15H15ClN2O2. The average molecular weight is 291 g/mol. The number of carbonyl (C=O) groups is 1. The van der Waals surface area contributed by atoms with Gasteiger partial charge in [0.05, 0.1) is 5.02 Å². The van der Waals surface area contributed by atoms with Gasteiger partial charge in [-0.15, -0.1) is 0 Å². The van der Waals surface area contributed by atoms with Crippen LogP contribution >= 0.6 is 11.6 Å². The molecule has 4 rings (SSSR count). The van der Waals surface area contributed by atoms with E-state index < -0.39 is 0 Å². The van der Waals surface area contributed by atoms with Gasteiger partial charge in [0.2, 0.25) is 0 Å². The number of fused-ring (bicyclic) bond motifs is 3. The maximum absolute atomic E-state index is 12.3. The molecule has 2 bridgehead atoms. The zero-order valence-corrected chi connectivity index (χ0v) is 11.7. The first-order valence-electron chi connectivity index (χ1n) is 6.91. The minimum Gasteiger partial charge on any atom is -0.463 e. The Hall–Kier alpha value is -1.52. The molecule has 20 heavy (non-hydrogen) atoms. The smallest absolute Gasteiger partial charge is 0.251 e. The number of rotatable bonds is 2. The van der Waals surface area contributed by atoms with Crippen LogP contribution in [0.15, 0.2) is 28.9 Å². The Labute approximate surface area is 121 Å². The van der Waals surface area contributed by atoms with E-state index in [1.807, 2.05) is 6.07 Å². The van der Waals surface area contributed by atoms with Gasteiger partial charge >= 0.3 is 0 Å². The highest BCUT2D eigenvalue weighted by molar-refractivity contribution is 6.35. The second kappa shape index (κ2) is 4.50. The summed E-state index contributed by atoms with van der Waals surface area (Å²) in [5.74, 6) is 0.582. The molecule has 1 aromatic heterocycles. The molecule has 2 aromatic rings. The molecule has 3 heterocycles. The van der Waals surface area contributed by atoms with Crippen molar-refractivity contribution in [3.8, 4) is 0 Å². The highest BCUT2D eigenvalue weighted by atomic mass is 35.5. The van der Waals surface area contributed by atoms with Crippen LogP contribution in [-0.2, 0) is 0 Å². The number of nitrogens with zero attached hydrogens (tertiary/aromatic N) is 1. The van der Waals surface area contributed by atoms with Crippen LogP contribution in [0.25, 0.3) is 11.0 Å². The normalized spacial score (nSPS) is 28.1. The van der Waals surface area contributed by atoms with E-state index in [0.717, 1.165) is 18.5 Å². The van der Waals surface area contributed by atoms with Crippen LogP contribution in [-0.4, -0.2) is 36.5 Å². The van der Waals surface area contributed by atoms with Crippen molar-refractivity contribution in [2.24, 2.45) is 5.92 Å². The molecule has 2 aliphatic rings. The molecule has 0 radical (unpaired) electrons. The first kappa shape index (κ1) is 12.2. The van der Waals surface area contributed by atoms with Gasteiger partial charge in [0.1, 0.15) is 11.8 Å². The molecule has 1 N–H and O–H groups in total. The first-order valence-corrected chi connectivity index (χ1v) is 7.28. The molecule has 2 unspecified atom stereocenters. The molecule has 1 aromatic carbocycles. The summed E-state index contributed by atoms with van der Waals surface area (Å²) < 4.78 is 5.34. The summed E-state index contributed by atoms with van der Waals surface area (Å²) in [6, 6.07) is 5.67. The standard InChI is InChI=1S/C15H15ClN2O2/c16-12-8-20-14-5-9(1-2-11(12)14)15(19)17-13-7-18-4-3-10(13)6-18/h1-2,5,8,10,13H,3-4,6-7H2,(H,17,19)/t10-,13?/m1/s1. The number of carbonyl (C=O) groups excluding carboxylic acids is 1. The number of furan rings is 1. The molecule has 0 spiro atoms. The van der Waals surface area contributed by atoms with Gasteiger partial charge in [-0.1, -0.05) is 11.6 Å².